The van der Waals surface area contributed by atoms with Gasteiger partial charge in [0.15, 0.2) is 11.6 Å². The molecule has 0 aromatic heterocycles. The van der Waals surface area contributed by atoms with Gasteiger partial charge in [-0.1, -0.05) is 56.3 Å². The summed E-state index contributed by atoms with van der Waals surface area (Å²) in [7, 11) is 0. The molecule has 0 spiro atoms. The maximum atomic E-state index is 13.8. The predicted octanol–water partition coefficient (Wildman–Crippen LogP) is 6.17. The van der Waals surface area contributed by atoms with Gasteiger partial charge in [-0.3, -0.25) is 14.4 Å². The van der Waals surface area contributed by atoms with Crippen LogP contribution in [0.1, 0.15) is 71.3 Å². The second-order valence-corrected chi connectivity index (χ2v) is 12.5. The third-order valence-electron chi connectivity index (χ3n) is 7.21. The Morgan fingerprint density at radius 3 is 2.14 bits per heavy atom. The first-order valence-corrected chi connectivity index (χ1v) is 13.2. The molecule has 0 unspecified atom stereocenters. The number of ketones is 2. The Balaban J connectivity index is 2.01. The molecular weight excluding hydrogens is 522 g/mol. The summed E-state index contributed by atoms with van der Waals surface area (Å²) in [6.07, 6.45) is 3.59. The molecule has 0 amide bonds. The van der Waals surface area contributed by atoms with Gasteiger partial charge in [-0.25, -0.2) is 0 Å². The van der Waals surface area contributed by atoms with Gasteiger partial charge in [0.1, 0.15) is 12.4 Å². The summed E-state index contributed by atoms with van der Waals surface area (Å²) in [6.45, 7) is 12.5. The molecule has 0 saturated carbocycles. The van der Waals surface area contributed by atoms with Crippen molar-refractivity contribution in [2.75, 3.05) is 13.2 Å². The molecule has 192 valence electrons. The molecule has 6 nitrogen and oxygen atoms in total. The summed E-state index contributed by atoms with van der Waals surface area (Å²) in [5.74, 6) is -0.844. The van der Waals surface area contributed by atoms with E-state index in [1.807, 2.05) is 23.1 Å². The summed E-state index contributed by atoms with van der Waals surface area (Å²) in [4.78, 5) is 41.2. The molecule has 0 saturated heterocycles. The van der Waals surface area contributed by atoms with Gasteiger partial charge in [-0.15, -0.1) is 0 Å². The van der Waals surface area contributed by atoms with E-state index >= 15 is 0 Å². The second-order valence-electron chi connectivity index (χ2n) is 11.6. The van der Waals surface area contributed by atoms with Crippen molar-refractivity contribution in [3.05, 3.63) is 63.4 Å². The van der Waals surface area contributed by atoms with E-state index in [2.05, 4.69) is 50.2 Å². The molecule has 1 N–H and O–H groups in total. The fraction of sp³-hybridized carbons (Fsp3) is 0.483. The maximum Gasteiger partial charge on any atom is 0.305 e. The lowest BCUT2D eigenvalue weighted by molar-refractivity contribution is -0.137. The van der Waals surface area contributed by atoms with E-state index in [1.54, 1.807) is 6.08 Å². The van der Waals surface area contributed by atoms with Crippen molar-refractivity contribution in [3.8, 4) is 5.75 Å². The van der Waals surface area contributed by atoms with Gasteiger partial charge in [-0.05, 0) is 41.9 Å². The molecule has 0 fully saturated rings. The zero-order valence-corrected chi connectivity index (χ0v) is 23.0. The topological polar surface area (TPSA) is 83.9 Å². The predicted molar refractivity (Wildman–Crippen MR) is 142 cm³/mol. The van der Waals surface area contributed by atoms with E-state index in [0.717, 1.165) is 21.4 Å². The number of nitrogens with zero attached hydrogens (tertiary/aromatic N) is 1. The molecular formula is C29H34BrNO5. The number of carboxylic acid groups (broad SMARTS) is 1. The fourth-order valence-corrected chi connectivity index (χ4v) is 6.24. The normalized spacial score (nSPS) is 21.3. The summed E-state index contributed by atoms with van der Waals surface area (Å²) >= 11 is 3.57. The highest BCUT2D eigenvalue weighted by Crippen LogP contribution is 2.55. The number of carbonyl (C=O) groups is 3. The third kappa shape index (κ3) is 5.08. The fourth-order valence-electron chi connectivity index (χ4n) is 5.86. The minimum absolute atomic E-state index is 0.00500. The number of aliphatic carboxylic acids is 1. The number of carboxylic acids is 1. The van der Waals surface area contributed by atoms with Crippen molar-refractivity contribution in [3.63, 3.8) is 0 Å². The maximum absolute atomic E-state index is 13.8. The van der Waals surface area contributed by atoms with Crippen molar-refractivity contribution >= 4 is 33.5 Å². The molecule has 1 aromatic rings. The third-order valence-corrected chi connectivity index (χ3v) is 7.70. The lowest BCUT2D eigenvalue weighted by Crippen LogP contribution is -2.45. The van der Waals surface area contributed by atoms with Gasteiger partial charge in [-0.2, -0.15) is 0 Å². The Hall–Kier alpha value is -2.67. The standard InChI is InChI=1S/C29H34BrNO5/c1-6-11-36-23-8-7-17(30)12-18(23)25-26-19(13-28(2,3)15-21(26)32)31(10-9-24(34)35)20-14-29(4,5)16-22(33)27(20)25/h6-8,12,25H,1,9-11,13-16H2,2-5H3,(H,34,35). The van der Waals surface area contributed by atoms with E-state index in [1.165, 1.54) is 0 Å². The lowest BCUT2D eigenvalue weighted by Gasteiger charge is -2.49. The number of benzene rings is 1. The molecule has 1 aromatic carbocycles. The van der Waals surface area contributed by atoms with Crippen LogP contribution in [0.25, 0.3) is 0 Å². The van der Waals surface area contributed by atoms with Crippen molar-refractivity contribution in [2.45, 2.75) is 65.7 Å². The van der Waals surface area contributed by atoms with Crippen molar-refractivity contribution in [2.24, 2.45) is 10.8 Å². The van der Waals surface area contributed by atoms with Gasteiger partial charge in [0.05, 0.1) is 6.42 Å². The number of hydrogen-bond donors (Lipinski definition) is 1. The van der Waals surface area contributed by atoms with Crippen LogP contribution in [0, 0.1) is 10.8 Å². The van der Waals surface area contributed by atoms with E-state index in [4.69, 9.17) is 4.74 Å². The van der Waals surface area contributed by atoms with E-state index in [-0.39, 0.29) is 35.4 Å². The average Bonchev–Trinajstić information content (AvgIpc) is 2.74. The molecule has 0 radical (unpaired) electrons. The summed E-state index contributed by atoms with van der Waals surface area (Å²) < 4.78 is 6.84. The van der Waals surface area contributed by atoms with Crippen molar-refractivity contribution in [1.82, 2.24) is 4.90 Å². The molecule has 0 bridgehead atoms. The Morgan fingerprint density at radius 1 is 1.08 bits per heavy atom. The molecule has 3 aliphatic rings. The van der Waals surface area contributed by atoms with Crippen LogP contribution in [0.2, 0.25) is 0 Å². The van der Waals surface area contributed by atoms with E-state index < -0.39 is 11.9 Å². The molecule has 1 aliphatic heterocycles. The number of allylic oxidation sites excluding steroid dienone is 4. The molecule has 0 atom stereocenters. The smallest absolute Gasteiger partial charge is 0.305 e. The van der Waals surface area contributed by atoms with Crippen LogP contribution in [0.4, 0.5) is 0 Å². The number of Topliss-reactive ketones (excluding diaryl/α,β-unsaturated/α-hetero) is 2. The Morgan fingerprint density at radius 2 is 1.64 bits per heavy atom. The molecule has 1 heterocycles. The van der Waals surface area contributed by atoms with E-state index in [9.17, 15) is 19.5 Å². The first-order valence-electron chi connectivity index (χ1n) is 12.4. The Kier molecular flexibility index (Phi) is 7.08. The van der Waals surface area contributed by atoms with Crippen LogP contribution in [0.15, 0.2) is 57.9 Å². The molecule has 4 rings (SSSR count). The first-order chi connectivity index (χ1) is 16.8. The van der Waals surface area contributed by atoms with Crippen molar-refractivity contribution in [1.29, 1.82) is 0 Å². The van der Waals surface area contributed by atoms with Gasteiger partial charge < -0.3 is 14.7 Å². The zero-order chi connectivity index (χ0) is 26.4. The van der Waals surface area contributed by atoms with Crippen molar-refractivity contribution < 1.29 is 24.2 Å². The molecule has 2 aliphatic carbocycles. The van der Waals surface area contributed by atoms with Crippen LogP contribution in [-0.4, -0.2) is 40.7 Å². The highest BCUT2D eigenvalue weighted by atomic mass is 79.9. The summed E-state index contributed by atoms with van der Waals surface area (Å²) in [6, 6.07) is 5.67. The number of rotatable bonds is 7. The Labute approximate surface area is 221 Å². The van der Waals surface area contributed by atoms with Crippen LogP contribution in [0.3, 0.4) is 0 Å². The highest BCUT2D eigenvalue weighted by molar-refractivity contribution is 9.10. The first kappa shape index (κ1) is 26.4. The van der Waals surface area contributed by atoms with Gasteiger partial charge in [0, 0.05) is 57.9 Å². The molecule has 36 heavy (non-hydrogen) atoms. The van der Waals surface area contributed by atoms with Crippen LogP contribution in [-0.2, 0) is 14.4 Å². The summed E-state index contributed by atoms with van der Waals surface area (Å²) in [5.41, 5.74) is 3.13. The van der Waals surface area contributed by atoms with Crippen LogP contribution >= 0.6 is 15.9 Å². The number of hydrogen-bond acceptors (Lipinski definition) is 5. The highest BCUT2D eigenvalue weighted by Gasteiger charge is 2.49. The SMILES string of the molecule is C=CCOc1ccc(Br)cc1C1C2=C(CC(C)(C)CC2=O)N(CCC(=O)O)C2=C1C(=O)CC(C)(C)C2. The van der Waals surface area contributed by atoms with Gasteiger partial charge in [0.25, 0.3) is 0 Å². The van der Waals surface area contributed by atoms with Crippen LogP contribution < -0.4 is 4.74 Å². The number of ether oxygens (including phenoxy) is 1. The second kappa shape index (κ2) is 9.66. The minimum Gasteiger partial charge on any atom is -0.489 e. The molecule has 7 heteroatoms. The quantitative estimate of drug-likeness (QED) is 0.404. The van der Waals surface area contributed by atoms with Crippen LogP contribution in [0.5, 0.6) is 5.75 Å². The van der Waals surface area contributed by atoms with Gasteiger partial charge in [0.2, 0.25) is 0 Å². The zero-order valence-electron chi connectivity index (χ0n) is 21.4. The number of halogens is 1. The van der Waals surface area contributed by atoms with E-state index in [0.29, 0.717) is 49.2 Å². The van der Waals surface area contributed by atoms with Gasteiger partial charge >= 0.3 is 5.97 Å². The largest absolute Gasteiger partial charge is 0.489 e. The lowest BCUT2D eigenvalue weighted by atomic mass is 9.63. The minimum atomic E-state index is -0.906. The Bertz CT molecular complexity index is 1150. The average molecular weight is 556 g/mol. The monoisotopic (exact) mass is 555 g/mol. The number of carbonyl (C=O) groups excluding carboxylic acids is 2. The summed E-state index contributed by atoms with van der Waals surface area (Å²) in [5, 5.41) is 9.50.